The summed E-state index contributed by atoms with van der Waals surface area (Å²) in [5.74, 6) is -1.07. The molecule has 0 fully saturated rings. The predicted octanol–water partition coefficient (Wildman–Crippen LogP) is 2.84. The first-order valence-corrected chi connectivity index (χ1v) is 7.36. The first-order valence-electron chi connectivity index (χ1n) is 7.36. The van der Waals surface area contributed by atoms with Gasteiger partial charge in [0.1, 0.15) is 5.82 Å². The summed E-state index contributed by atoms with van der Waals surface area (Å²) in [6.45, 7) is 0.224. The maximum absolute atomic E-state index is 13.3. The highest BCUT2D eigenvalue weighted by molar-refractivity contribution is 5.84. The molecule has 0 aliphatic rings. The van der Waals surface area contributed by atoms with Crippen molar-refractivity contribution >= 4 is 23.7 Å². The monoisotopic (exact) mass is 343 g/mol. The highest BCUT2D eigenvalue weighted by atomic mass is 19.2. The lowest BCUT2D eigenvalue weighted by Gasteiger charge is -2.10. The third kappa shape index (κ3) is 3.94. The van der Waals surface area contributed by atoms with E-state index in [9.17, 15) is 8.78 Å². The van der Waals surface area contributed by atoms with Gasteiger partial charge < -0.3 is 16.0 Å². The largest absolute Gasteiger partial charge is 0.365 e. The van der Waals surface area contributed by atoms with Gasteiger partial charge in [-0.2, -0.15) is 10.1 Å². The summed E-state index contributed by atoms with van der Waals surface area (Å²) in [6, 6.07) is 3.66. The van der Waals surface area contributed by atoms with Crippen LogP contribution in [0.5, 0.6) is 0 Å². The zero-order chi connectivity index (χ0) is 17.8. The van der Waals surface area contributed by atoms with Crippen LogP contribution in [0, 0.1) is 17.0 Å². The number of hydrogen-bond acceptors (Lipinski definition) is 6. The Hall–Kier alpha value is -3.36. The molecule has 9 heteroatoms. The standard InChI is InChI=1S/C16H15F2N7/c1-25-9-12(8-22-25)23-16-21-7-11(5-19)15(24-16)20-6-10-2-3-13(17)14(18)4-10/h2-5,7-9,19H,6H2,1H3,(H2,20,21,23,24). The predicted molar refractivity (Wildman–Crippen MR) is 90.1 cm³/mol. The first-order chi connectivity index (χ1) is 12.0. The number of nitrogens with one attached hydrogen (secondary N) is 3. The minimum atomic E-state index is -0.909. The molecule has 3 rings (SSSR count). The lowest BCUT2D eigenvalue weighted by molar-refractivity contribution is 0.507. The quantitative estimate of drug-likeness (QED) is 0.599. The van der Waals surface area contributed by atoms with Gasteiger partial charge >= 0.3 is 0 Å². The van der Waals surface area contributed by atoms with Gasteiger partial charge in [-0.3, -0.25) is 4.68 Å². The van der Waals surface area contributed by atoms with Crippen molar-refractivity contribution in [2.75, 3.05) is 10.6 Å². The lowest BCUT2D eigenvalue weighted by atomic mass is 10.2. The molecule has 0 aliphatic carbocycles. The van der Waals surface area contributed by atoms with E-state index in [0.29, 0.717) is 22.9 Å². The number of nitrogens with zero attached hydrogens (tertiary/aromatic N) is 4. The molecule has 0 unspecified atom stereocenters. The van der Waals surface area contributed by atoms with Crippen molar-refractivity contribution in [3.63, 3.8) is 0 Å². The summed E-state index contributed by atoms with van der Waals surface area (Å²) in [5, 5.41) is 17.5. The molecule has 0 amide bonds. The molecule has 25 heavy (non-hydrogen) atoms. The Labute approximate surface area is 142 Å². The molecule has 0 spiro atoms. The van der Waals surface area contributed by atoms with E-state index in [1.54, 1.807) is 24.1 Å². The van der Waals surface area contributed by atoms with E-state index in [4.69, 9.17) is 5.41 Å². The van der Waals surface area contributed by atoms with Crippen molar-refractivity contribution in [2.24, 2.45) is 7.05 Å². The summed E-state index contributed by atoms with van der Waals surface area (Å²) in [5.41, 5.74) is 1.74. The molecule has 0 bridgehead atoms. The Bertz CT molecular complexity index is 907. The molecular formula is C16H15F2N7. The normalized spacial score (nSPS) is 10.5. The Balaban J connectivity index is 1.77. The molecule has 0 atom stereocenters. The summed E-state index contributed by atoms with van der Waals surface area (Å²) < 4.78 is 27.9. The second kappa shape index (κ2) is 7.04. The Morgan fingerprint density at radius 3 is 2.76 bits per heavy atom. The van der Waals surface area contributed by atoms with Crippen LogP contribution < -0.4 is 10.6 Å². The Morgan fingerprint density at radius 1 is 1.24 bits per heavy atom. The van der Waals surface area contributed by atoms with Gasteiger partial charge in [-0.25, -0.2) is 13.8 Å². The molecular weight excluding hydrogens is 328 g/mol. The average molecular weight is 343 g/mol. The summed E-state index contributed by atoms with van der Waals surface area (Å²) in [4.78, 5) is 8.45. The number of rotatable bonds is 6. The van der Waals surface area contributed by atoms with E-state index >= 15 is 0 Å². The van der Waals surface area contributed by atoms with Crippen LogP contribution in [0.15, 0.2) is 36.8 Å². The number of anilines is 3. The molecule has 0 saturated carbocycles. The fourth-order valence-electron chi connectivity index (χ4n) is 2.15. The van der Waals surface area contributed by atoms with Gasteiger partial charge in [0, 0.05) is 32.2 Å². The molecule has 3 aromatic rings. The van der Waals surface area contributed by atoms with Crippen molar-refractivity contribution in [3.05, 3.63) is 59.6 Å². The van der Waals surface area contributed by atoms with Gasteiger partial charge in [-0.1, -0.05) is 6.07 Å². The molecule has 0 radical (unpaired) electrons. The maximum atomic E-state index is 13.3. The van der Waals surface area contributed by atoms with Crippen LogP contribution in [0.3, 0.4) is 0 Å². The van der Waals surface area contributed by atoms with Gasteiger partial charge in [-0.15, -0.1) is 0 Å². The zero-order valence-electron chi connectivity index (χ0n) is 13.3. The fourth-order valence-corrected chi connectivity index (χ4v) is 2.15. The molecule has 7 nitrogen and oxygen atoms in total. The van der Waals surface area contributed by atoms with Crippen molar-refractivity contribution in [1.82, 2.24) is 19.7 Å². The molecule has 0 saturated heterocycles. The first kappa shape index (κ1) is 16.5. The van der Waals surface area contributed by atoms with Gasteiger partial charge in [0.25, 0.3) is 0 Å². The van der Waals surface area contributed by atoms with Crippen LogP contribution >= 0.6 is 0 Å². The van der Waals surface area contributed by atoms with E-state index in [2.05, 4.69) is 25.7 Å². The van der Waals surface area contributed by atoms with E-state index < -0.39 is 11.6 Å². The zero-order valence-corrected chi connectivity index (χ0v) is 13.3. The van der Waals surface area contributed by atoms with Crippen LogP contribution in [-0.4, -0.2) is 26.0 Å². The molecule has 0 aliphatic heterocycles. The van der Waals surface area contributed by atoms with E-state index in [0.717, 1.165) is 24.0 Å². The van der Waals surface area contributed by atoms with Gasteiger partial charge in [0.2, 0.25) is 5.95 Å². The number of halogens is 2. The van der Waals surface area contributed by atoms with Gasteiger partial charge in [0.05, 0.1) is 17.4 Å². The molecule has 2 heterocycles. The number of aromatic nitrogens is 4. The van der Waals surface area contributed by atoms with Crippen LogP contribution in [0.1, 0.15) is 11.1 Å². The fraction of sp³-hybridized carbons (Fsp3) is 0.125. The minimum absolute atomic E-state index is 0.224. The average Bonchev–Trinajstić information content (AvgIpc) is 3.01. The molecule has 1 aromatic carbocycles. The number of benzene rings is 1. The molecule has 3 N–H and O–H groups in total. The van der Waals surface area contributed by atoms with Gasteiger partial charge in [-0.05, 0) is 17.7 Å². The van der Waals surface area contributed by atoms with E-state index in [-0.39, 0.29) is 6.54 Å². The third-order valence-electron chi connectivity index (χ3n) is 3.38. The second-order valence-corrected chi connectivity index (χ2v) is 5.27. The summed E-state index contributed by atoms with van der Waals surface area (Å²) in [7, 11) is 1.79. The van der Waals surface area contributed by atoms with Crippen LogP contribution in [-0.2, 0) is 13.6 Å². The van der Waals surface area contributed by atoms with Crippen molar-refractivity contribution in [2.45, 2.75) is 6.54 Å². The number of aryl methyl sites for hydroxylation is 1. The number of hydrogen-bond donors (Lipinski definition) is 3. The van der Waals surface area contributed by atoms with Crippen LogP contribution in [0.4, 0.5) is 26.2 Å². The second-order valence-electron chi connectivity index (χ2n) is 5.27. The van der Waals surface area contributed by atoms with E-state index in [1.807, 2.05) is 0 Å². The van der Waals surface area contributed by atoms with Crippen molar-refractivity contribution in [1.29, 1.82) is 5.41 Å². The van der Waals surface area contributed by atoms with Gasteiger partial charge in [0.15, 0.2) is 11.6 Å². The lowest BCUT2D eigenvalue weighted by Crippen LogP contribution is -2.08. The van der Waals surface area contributed by atoms with Crippen LogP contribution in [0.2, 0.25) is 0 Å². The molecule has 2 aromatic heterocycles. The SMILES string of the molecule is Cn1cc(Nc2ncc(C=N)c(NCc3ccc(F)c(F)c3)n2)cn1. The third-order valence-corrected chi connectivity index (χ3v) is 3.38. The van der Waals surface area contributed by atoms with E-state index in [1.165, 1.54) is 12.3 Å². The van der Waals surface area contributed by atoms with Crippen molar-refractivity contribution < 1.29 is 8.78 Å². The maximum Gasteiger partial charge on any atom is 0.229 e. The Kier molecular flexibility index (Phi) is 4.64. The topological polar surface area (TPSA) is 91.5 Å². The minimum Gasteiger partial charge on any atom is -0.365 e. The van der Waals surface area contributed by atoms with Crippen molar-refractivity contribution in [3.8, 4) is 0 Å². The highest BCUT2D eigenvalue weighted by Crippen LogP contribution is 2.17. The Morgan fingerprint density at radius 2 is 2.08 bits per heavy atom. The highest BCUT2D eigenvalue weighted by Gasteiger charge is 2.08. The summed E-state index contributed by atoms with van der Waals surface area (Å²) >= 11 is 0. The smallest absolute Gasteiger partial charge is 0.229 e. The summed E-state index contributed by atoms with van der Waals surface area (Å²) in [6.07, 6.45) is 6.00. The molecule has 128 valence electrons. The van der Waals surface area contributed by atoms with Crippen LogP contribution in [0.25, 0.3) is 0 Å².